The second-order valence-corrected chi connectivity index (χ2v) is 6.33. The Kier molecular flexibility index (Phi) is 4.05. The van der Waals surface area contributed by atoms with Gasteiger partial charge in [-0.2, -0.15) is 0 Å². The number of benzene rings is 1. The molecule has 0 amide bonds. The fourth-order valence-corrected chi connectivity index (χ4v) is 2.47. The predicted molar refractivity (Wildman–Crippen MR) is 86.3 cm³/mol. The summed E-state index contributed by atoms with van der Waals surface area (Å²) in [5.41, 5.74) is 1.43. The van der Waals surface area contributed by atoms with Crippen molar-refractivity contribution in [1.29, 1.82) is 0 Å². The van der Waals surface area contributed by atoms with E-state index in [0.717, 1.165) is 17.9 Å². The van der Waals surface area contributed by atoms with Crippen LogP contribution in [0.1, 0.15) is 33.3 Å². The largest absolute Gasteiger partial charge is 0.370 e. The SMILES string of the molecule is CCNc1nc2c(Cl)cc([N+](=O)[O-])cc2cc1C(C)(C)C. The van der Waals surface area contributed by atoms with Crippen LogP contribution in [-0.4, -0.2) is 16.5 Å². The molecule has 0 fully saturated rings. The van der Waals surface area contributed by atoms with Gasteiger partial charge in [0.25, 0.3) is 5.69 Å². The summed E-state index contributed by atoms with van der Waals surface area (Å²) in [4.78, 5) is 15.1. The first-order valence-electron chi connectivity index (χ1n) is 6.77. The minimum Gasteiger partial charge on any atom is -0.370 e. The van der Waals surface area contributed by atoms with Crippen molar-refractivity contribution in [1.82, 2.24) is 4.98 Å². The molecule has 1 aromatic carbocycles. The molecular formula is C15H18ClN3O2. The molecule has 21 heavy (non-hydrogen) atoms. The van der Waals surface area contributed by atoms with Crippen LogP contribution >= 0.6 is 11.6 Å². The van der Waals surface area contributed by atoms with E-state index in [1.807, 2.05) is 13.0 Å². The Morgan fingerprint density at radius 3 is 2.52 bits per heavy atom. The van der Waals surface area contributed by atoms with Crippen LogP contribution in [0.3, 0.4) is 0 Å². The summed E-state index contributed by atoms with van der Waals surface area (Å²) in [6.07, 6.45) is 0. The molecule has 5 nitrogen and oxygen atoms in total. The molecule has 0 aliphatic rings. The number of pyridine rings is 1. The Morgan fingerprint density at radius 1 is 1.33 bits per heavy atom. The Labute approximate surface area is 128 Å². The van der Waals surface area contributed by atoms with Gasteiger partial charge in [0, 0.05) is 29.6 Å². The number of fused-ring (bicyclic) bond motifs is 1. The summed E-state index contributed by atoms with van der Waals surface area (Å²) >= 11 is 6.15. The Hall–Kier alpha value is -1.88. The third kappa shape index (κ3) is 3.08. The van der Waals surface area contributed by atoms with Crippen LogP contribution in [0, 0.1) is 10.1 Å². The number of aromatic nitrogens is 1. The van der Waals surface area contributed by atoms with Crippen molar-refractivity contribution in [3.05, 3.63) is 38.9 Å². The van der Waals surface area contributed by atoms with Gasteiger partial charge in [0.2, 0.25) is 0 Å². The van der Waals surface area contributed by atoms with E-state index in [2.05, 4.69) is 31.1 Å². The molecule has 0 unspecified atom stereocenters. The molecule has 2 rings (SSSR count). The van der Waals surface area contributed by atoms with Gasteiger partial charge in [-0.25, -0.2) is 4.98 Å². The second-order valence-electron chi connectivity index (χ2n) is 5.92. The highest BCUT2D eigenvalue weighted by Gasteiger charge is 2.21. The van der Waals surface area contributed by atoms with Gasteiger partial charge >= 0.3 is 0 Å². The van der Waals surface area contributed by atoms with Gasteiger partial charge < -0.3 is 5.32 Å². The average molecular weight is 308 g/mol. The van der Waals surface area contributed by atoms with E-state index < -0.39 is 4.92 Å². The first-order chi connectivity index (χ1) is 9.74. The van der Waals surface area contributed by atoms with Crippen LogP contribution in [0.5, 0.6) is 0 Å². The minimum atomic E-state index is -0.444. The molecule has 1 aromatic heterocycles. The summed E-state index contributed by atoms with van der Waals surface area (Å²) in [5, 5.41) is 15.2. The van der Waals surface area contributed by atoms with Crippen LogP contribution in [0.25, 0.3) is 10.9 Å². The first kappa shape index (κ1) is 15.5. The summed E-state index contributed by atoms with van der Waals surface area (Å²) in [6, 6.07) is 4.78. The number of nitro groups is 1. The highest BCUT2D eigenvalue weighted by atomic mass is 35.5. The lowest BCUT2D eigenvalue weighted by Gasteiger charge is -2.23. The second kappa shape index (κ2) is 5.48. The maximum absolute atomic E-state index is 11.0. The van der Waals surface area contributed by atoms with E-state index in [1.165, 1.54) is 12.1 Å². The predicted octanol–water partition coefficient (Wildman–Crippen LogP) is 4.53. The number of nitrogens with zero attached hydrogens (tertiary/aromatic N) is 2. The molecule has 0 bridgehead atoms. The van der Waals surface area contributed by atoms with Crippen molar-refractivity contribution < 1.29 is 4.92 Å². The van der Waals surface area contributed by atoms with Crippen molar-refractivity contribution >= 4 is 34.0 Å². The van der Waals surface area contributed by atoms with Crippen molar-refractivity contribution in [2.75, 3.05) is 11.9 Å². The Bertz CT molecular complexity index is 708. The van der Waals surface area contributed by atoms with Gasteiger partial charge in [-0.15, -0.1) is 0 Å². The zero-order valence-electron chi connectivity index (χ0n) is 12.5. The van der Waals surface area contributed by atoms with E-state index in [-0.39, 0.29) is 11.1 Å². The van der Waals surface area contributed by atoms with Crippen LogP contribution in [0.4, 0.5) is 11.5 Å². The molecule has 0 radical (unpaired) electrons. The molecule has 112 valence electrons. The number of nitrogens with one attached hydrogen (secondary N) is 1. The van der Waals surface area contributed by atoms with Gasteiger partial charge in [0.15, 0.2) is 0 Å². The lowest BCUT2D eigenvalue weighted by molar-refractivity contribution is -0.384. The molecule has 6 heteroatoms. The van der Waals surface area contributed by atoms with Gasteiger partial charge in [-0.1, -0.05) is 32.4 Å². The molecule has 0 atom stereocenters. The van der Waals surface area contributed by atoms with E-state index >= 15 is 0 Å². The maximum Gasteiger partial charge on any atom is 0.271 e. The van der Waals surface area contributed by atoms with Crippen LogP contribution < -0.4 is 5.32 Å². The van der Waals surface area contributed by atoms with Crippen molar-refractivity contribution in [3.63, 3.8) is 0 Å². The van der Waals surface area contributed by atoms with Gasteiger partial charge in [0.1, 0.15) is 5.82 Å². The third-order valence-electron chi connectivity index (χ3n) is 3.22. The number of hydrogen-bond donors (Lipinski definition) is 1. The molecule has 0 spiro atoms. The quantitative estimate of drug-likeness (QED) is 0.668. The van der Waals surface area contributed by atoms with Crippen molar-refractivity contribution in [2.45, 2.75) is 33.1 Å². The summed E-state index contributed by atoms with van der Waals surface area (Å²) < 4.78 is 0. The zero-order valence-corrected chi connectivity index (χ0v) is 13.3. The topological polar surface area (TPSA) is 68.1 Å². The maximum atomic E-state index is 11.0. The fraction of sp³-hybridized carbons (Fsp3) is 0.400. The lowest BCUT2D eigenvalue weighted by atomic mass is 9.86. The number of anilines is 1. The molecule has 0 aliphatic carbocycles. The van der Waals surface area contributed by atoms with Gasteiger partial charge in [-0.3, -0.25) is 10.1 Å². The van der Waals surface area contributed by atoms with Crippen LogP contribution in [0.15, 0.2) is 18.2 Å². The lowest BCUT2D eigenvalue weighted by Crippen LogP contribution is -2.16. The third-order valence-corrected chi connectivity index (χ3v) is 3.51. The summed E-state index contributed by atoms with van der Waals surface area (Å²) in [6.45, 7) is 8.98. The average Bonchev–Trinajstić information content (AvgIpc) is 2.37. The van der Waals surface area contributed by atoms with Crippen LogP contribution in [0.2, 0.25) is 5.02 Å². The summed E-state index contributed by atoms with van der Waals surface area (Å²) in [5.74, 6) is 0.772. The Balaban J connectivity index is 2.78. The van der Waals surface area contributed by atoms with Crippen molar-refractivity contribution in [3.8, 4) is 0 Å². The van der Waals surface area contributed by atoms with E-state index in [9.17, 15) is 10.1 Å². The fourth-order valence-electron chi connectivity index (χ4n) is 2.21. The van der Waals surface area contributed by atoms with Crippen LogP contribution in [-0.2, 0) is 5.41 Å². The van der Waals surface area contributed by atoms with Gasteiger partial charge in [0.05, 0.1) is 15.5 Å². The van der Waals surface area contributed by atoms with E-state index in [0.29, 0.717) is 15.9 Å². The first-order valence-corrected chi connectivity index (χ1v) is 7.15. The van der Waals surface area contributed by atoms with Gasteiger partial charge in [-0.05, 0) is 18.4 Å². The number of halogens is 1. The normalized spacial score (nSPS) is 11.7. The molecule has 1 N–H and O–H groups in total. The van der Waals surface area contributed by atoms with Crippen molar-refractivity contribution in [2.24, 2.45) is 0 Å². The van der Waals surface area contributed by atoms with E-state index in [1.54, 1.807) is 0 Å². The summed E-state index contributed by atoms with van der Waals surface area (Å²) in [7, 11) is 0. The molecule has 0 saturated carbocycles. The highest BCUT2D eigenvalue weighted by Crippen LogP contribution is 2.35. The van der Waals surface area contributed by atoms with E-state index in [4.69, 9.17) is 11.6 Å². The monoisotopic (exact) mass is 307 g/mol. The number of hydrogen-bond acceptors (Lipinski definition) is 4. The molecule has 0 aliphatic heterocycles. The smallest absolute Gasteiger partial charge is 0.271 e. The zero-order chi connectivity index (χ0) is 15.8. The highest BCUT2D eigenvalue weighted by molar-refractivity contribution is 6.35. The minimum absolute atomic E-state index is 0.0228. The standard InChI is InChI=1S/C15H18ClN3O2/c1-5-17-14-11(15(2,3)4)7-9-6-10(19(20)21)8-12(16)13(9)18-14/h6-8H,5H2,1-4H3,(H,17,18). The number of nitro benzene ring substituents is 1. The molecule has 0 saturated heterocycles. The molecule has 1 heterocycles. The Morgan fingerprint density at radius 2 is 2.00 bits per heavy atom. The number of non-ortho nitro benzene ring substituents is 1. The molecule has 2 aromatic rings. The number of rotatable bonds is 3. The molecular weight excluding hydrogens is 290 g/mol.